The lowest BCUT2D eigenvalue weighted by molar-refractivity contribution is -0.385. The van der Waals surface area contributed by atoms with Gasteiger partial charge in [0.15, 0.2) is 5.75 Å². The molecule has 8 nitrogen and oxygen atoms in total. The summed E-state index contributed by atoms with van der Waals surface area (Å²) in [7, 11) is 4.08. The summed E-state index contributed by atoms with van der Waals surface area (Å²) in [5.74, 6) is 0.691. The summed E-state index contributed by atoms with van der Waals surface area (Å²) in [6.07, 6.45) is 2.81. The highest BCUT2D eigenvalue weighted by atomic mass is 16.6. The van der Waals surface area contributed by atoms with Crippen LogP contribution in [0.1, 0.15) is 24.3 Å². The Kier molecular flexibility index (Phi) is 6.60. The molecule has 2 aromatic carbocycles. The number of likely N-dealkylation sites (tertiary alicyclic amines) is 1. The van der Waals surface area contributed by atoms with Gasteiger partial charge in [-0.2, -0.15) is 0 Å². The van der Waals surface area contributed by atoms with Crippen molar-refractivity contribution in [3.63, 3.8) is 0 Å². The van der Waals surface area contributed by atoms with Crippen molar-refractivity contribution in [1.29, 1.82) is 0 Å². The Morgan fingerprint density at radius 1 is 1.22 bits per heavy atom. The maximum Gasteiger partial charge on any atom is 0.310 e. The van der Waals surface area contributed by atoms with E-state index in [9.17, 15) is 14.9 Å². The van der Waals surface area contributed by atoms with Crippen LogP contribution >= 0.6 is 0 Å². The number of benzene rings is 2. The lowest BCUT2D eigenvalue weighted by Gasteiger charge is -2.38. The van der Waals surface area contributed by atoms with Crippen molar-refractivity contribution in [2.75, 3.05) is 56.7 Å². The van der Waals surface area contributed by atoms with E-state index in [-0.39, 0.29) is 5.69 Å². The molecule has 2 aliphatic rings. The smallest absolute Gasteiger partial charge is 0.310 e. The van der Waals surface area contributed by atoms with E-state index in [0.29, 0.717) is 30.9 Å². The molecule has 0 saturated carbocycles. The van der Waals surface area contributed by atoms with Crippen LogP contribution in [-0.2, 0) is 4.79 Å². The molecule has 8 heteroatoms. The van der Waals surface area contributed by atoms with Crippen LogP contribution in [-0.4, -0.2) is 69.0 Å². The molecule has 0 radical (unpaired) electrons. The van der Waals surface area contributed by atoms with Crippen molar-refractivity contribution in [3.05, 3.63) is 58.1 Å². The number of carbonyl (C=O) groups excluding carboxylic acids is 1. The highest BCUT2D eigenvalue weighted by molar-refractivity contribution is 5.81. The normalized spacial score (nSPS) is 19.9. The number of para-hydroxylation sites is 3. The molecule has 170 valence electrons. The van der Waals surface area contributed by atoms with E-state index in [1.54, 1.807) is 18.2 Å². The first kappa shape index (κ1) is 22.1. The highest BCUT2D eigenvalue weighted by Gasteiger charge is 2.42. The Labute approximate surface area is 188 Å². The summed E-state index contributed by atoms with van der Waals surface area (Å²) >= 11 is 0. The highest BCUT2D eigenvalue weighted by Crippen LogP contribution is 2.48. The van der Waals surface area contributed by atoms with E-state index >= 15 is 0 Å². The van der Waals surface area contributed by atoms with E-state index in [4.69, 9.17) is 4.74 Å². The van der Waals surface area contributed by atoms with Gasteiger partial charge in [-0.05, 0) is 30.5 Å². The molecule has 0 N–H and O–H groups in total. The fourth-order valence-electron chi connectivity index (χ4n) is 5.08. The molecule has 0 amide bonds. The third-order valence-corrected chi connectivity index (χ3v) is 6.48. The first-order chi connectivity index (χ1) is 15.5. The number of nitro benzene ring substituents is 1. The van der Waals surface area contributed by atoms with Crippen molar-refractivity contribution in [1.82, 2.24) is 4.90 Å². The molecule has 1 saturated heterocycles. The number of hydrogen-bond donors (Lipinski definition) is 0. The molecule has 0 aliphatic carbocycles. The van der Waals surface area contributed by atoms with Gasteiger partial charge in [-0.25, -0.2) is 0 Å². The molecular weight excluding hydrogens is 408 g/mol. The predicted molar refractivity (Wildman–Crippen MR) is 125 cm³/mol. The molecule has 1 fully saturated rings. The van der Waals surface area contributed by atoms with E-state index in [1.807, 2.05) is 14.1 Å². The summed E-state index contributed by atoms with van der Waals surface area (Å²) in [5.41, 5.74) is 3.68. The molecule has 0 spiro atoms. The number of nitrogens with zero attached hydrogens (tertiary/aromatic N) is 4. The Balaban J connectivity index is 1.40. The fraction of sp³-hybridized carbons (Fsp3) is 0.458. The molecule has 0 bridgehead atoms. The molecule has 2 unspecified atom stereocenters. The topological polar surface area (TPSA) is 79.2 Å². The second-order valence-corrected chi connectivity index (χ2v) is 8.62. The van der Waals surface area contributed by atoms with Gasteiger partial charge in [0.1, 0.15) is 6.29 Å². The van der Waals surface area contributed by atoms with Crippen molar-refractivity contribution < 1.29 is 14.5 Å². The number of fused-ring (bicyclic) bond motifs is 3. The number of ether oxygens (including phenoxy) is 1. The van der Waals surface area contributed by atoms with E-state index in [1.165, 1.54) is 17.3 Å². The van der Waals surface area contributed by atoms with Crippen molar-refractivity contribution in [3.8, 4) is 5.75 Å². The Bertz CT molecular complexity index is 980. The van der Waals surface area contributed by atoms with E-state index < -0.39 is 4.92 Å². The molecule has 4 rings (SSSR count). The molecule has 32 heavy (non-hydrogen) atoms. The minimum atomic E-state index is -0.412. The van der Waals surface area contributed by atoms with Crippen LogP contribution in [0.2, 0.25) is 0 Å². The van der Waals surface area contributed by atoms with Gasteiger partial charge in [0.25, 0.3) is 0 Å². The van der Waals surface area contributed by atoms with Crippen LogP contribution < -0.4 is 14.5 Å². The third-order valence-electron chi connectivity index (χ3n) is 6.48. The van der Waals surface area contributed by atoms with Crippen LogP contribution in [0.5, 0.6) is 5.75 Å². The first-order valence-electron chi connectivity index (χ1n) is 11.1. The van der Waals surface area contributed by atoms with Crippen molar-refractivity contribution in [2.24, 2.45) is 0 Å². The maximum absolute atomic E-state index is 11.4. The summed E-state index contributed by atoms with van der Waals surface area (Å²) in [4.78, 5) is 29.0. The zero-order chi connectivity index (χ0) is 22.7. The summed E-state index contributed by atoms with van der Waals surface area (Å²) in [6, 6.07) is 13.3. The fourth-order valence-corrected chi connectivity index (χ4v) is 5.08. The molecule has 2 atom stereocenters. The summed E-state index contributed by atoms with van der Waals surface area (Å²) < 4.78 is 5.70. The Hall–Kier alpha value is -3.13. The van der Waals surface area contributed by atoms with E-state index in [0.717, 1.165) is 44.4 Å². The van der Waals surface area contributed by atoms with Gasteiger partial charge >= 0.3 is 5.69 Å². The second-order valence-electron chi connectivity index (χ2n) is 8.62. The van der Waals surface area contributed by atoms with Crippen LogP contribution in [0.15, 0.2) is 42.5 Å². The number of piperidine rings is 1. The molecular formula is C24H30N4O4. The molecule has 2 aliphatic heterocycles. The van der Waals surface area contributed by atoms with Gasteiger partial charge < -0.3 is 24.2 Å². The summed E-state index contributed by atoms with van der Waals surface area (Å²) in [5, 5.41) is 11.1. The van der Waals surface area contributed by atoms with Crippen LogP contribution in [0.4, 0.5) is 17.1 Å². The van der Waals surface area contributed by atoms with E-state index in [2.05, 4.69) is 32.9 Å². The second kappa shape index (κ2) is 9.56. The number of rotatable bonds is 9. The Morgan fingerprint density at radius 3 is 2.78 bits per heavy atom. The van der Waals surface area contributed by atoms with Crippen molar-refractivity contribution >= 4 is 23.3 Å². The minimum absolute atomic E-state index is 0.00263. The first-order valence-corrected chi connectivity index (χ1v) is 11.1. The monoisotopic (exact) mass is 438 g/mol. The minimum Gasteiger partial charge on any atom is -0.487 e. The van der Waals surface area contributed by atoms with Crippen molar-refractivity contribution in [2.45, 2.75) is 24.8 Å². The Morgan fingerprint density at radius 2 is 2.03 bits per heavy atom. The van der Waals surface area contributed by atoms with Gasteiger partial charge in [0.05, 0.1) is 29.4 Å². The number of anilines is 2. The van der Waals surface area contributed by atoms with Crippen LogP contribution in [0.25, 0.3) is 0 Å². The average Bonchev–Trinajstić information content (AvgIpc) is 3.10. The third kappa shape index (κ3) is 4.27. The number of hydrogen-bond acceptors (Lipinski definition) is 7. The predicted octanol–water partition coefficient (Wildman–Crippen LogP) is 3.31. The maximum atomic E-state index is 11.4. The zero-order valence-corrected chi connectivity index (χ0v) is 18.6. The largest absolute Gasteiger partial charge is 0.487 e. The quantitative estimate of drug-likeness (QED) is 0.257. The van der Waals surface area contributed by atoms with Gasteiger partial charge in [0.2, 0.25) is 0 Å². The van der Waals surface area contributed by atoms with Gasteiger partial charge in [-0.15, -0.1) is 0 Å². The zero-order valence-electron chi connectivity index (χ0n) is 18.6. The molecule has 0 aromatic heterocycles. The molecule has 2 heterocycles. The van der Waals surface area contributed by atoms with Gasteiger partial charge in [-0.1, -0.05) is 24.3 Å². The van der Waals surface area contributed by atoms with Gasteiger partial charge in [-0.3, -0.25) is 10.1 Å². The summed E-state index contributed by atoms with van der Waals surface area (Å²) in [6.45, 7) is 3.64. The van der Waals surface area contributed by atoms with Crippen LogP contribution in [0, 0.1) is 10.1 Å². The van der Waals surface area contributed by atoms with Crippen LogP contribution in [0.3, 0.4) is 0 Å². The van der Waals surface area contributed by atoms with Gasteiger partial charge in [0, 0.05) is 51.8 Å². The lowest BCUT2D eigenvalue weighted by atomic mass is 9.89. The SMILES string of the molecule is CN(C)c1cccc2c1N(CC=O)C1CCN(CCCOc3ccccc3[N+](=O)[O-])CC21. The number of carbonyl (C=O) groups is 1. The number of nitro groups is 1. The molecule has 2 aromatic rings. The lowest BCUT2D eigenvalue weighted by Crippen LogP contribution is -2.47. The average molecular weight is 439 g/mol. The standard InChI is InChI=1S/C24H30N4O4/c1-25(2)22-9-5-7-18-19-17-26(13-11-20(19)27(14-15-29)24(18)22)12-6-16-32-23-10-4-3-8-21(23)28(30)31/h3-5,7-10,15,19-20H,6,11-14,16-17H2,1-2H3. The number of aldehydes is 1.